The van der Waals surface area contributed by atoms with Gasteiger partial charge in [0.25, 0.3) is 0 Å². The second kappa shape index (κ2) is 13.5. The summed E-state index contributed by atoms with van der Waals surface area (Å²) in [6.45, 7) is 7.38. The molecule has 120 valence electrons. The van der Waals surface area contributed by atoms with Crippen molar-refractivity contribution < 1.29 is 4.79 Å². The summed E-state index contributed by atoms with van der Waals surface area (Å²) in [7, 11) is 1.94. The fraction of sp³-hybridized carbons (Fsp3) is 0.944. The number of nitrogens with zero attached hydrogens (tertiary/aromatic N) is 1. The van der Waals surface area contributed by atoms with Crippen molar-refractivity contribution in [3.05, 3.63) is 0 Å². The summed E-state index contributed by atoms with van der Waals surface area (Å²) >= 11 is 0. The molecule has 0 aromatic rings. The molecule has 1 amide bonds. The molecule has 0 aliphatic rings. The topological polar surface area (TPSA) is 20.3 Å². The van der Waals surface area contributed by atoms with Gasteiger partial charge in [-0.05, 0) is 19.8 Å². The molecule has 1 unspecified atom stereocenters. The van der Waals surface area contributed by atoms with Gasteiger partial charge in [-0.15, -0.1) is 0 Å². The van der Waals surface area contributed by atoms with Crippen LogP contribution in [0.15, 0.2) is 0 Å². The van der Waals surface area contributed by atoms with E-state index in [1.165, 1.54) is 57.8 Å². The summed E-state index contributed by atoms with van der Waals surface area (Å²) in [6.07, 6.45) is 13.7. The third-order valence-corrected chi connectivity index (χ3v) is 4.26. The van der Waals surface area contributed by atoms with Crippen LogP contribution in [0.4, 0.5) is 0 Å². The van der Waals surface area contributed by atoms with E-state index in [2.05, 4.69) is 20.8 Å². The minimum Gasteiger partial charge on any atom is -0.346 e. The fourth-order valence-electron chi connectivity index (χ4n) is 2.67. The highest BCUT2D eigenvalue weighted by Gasteiger charge is 2.20. The Kier molecular flexibility index (Phi) is 13.1. The molecule has 0 aromatic carbocycles. The zero-order chi connectivity index (χ0) is 15.2. The lowest BCUT2D eigenvalue weighted by Gasteiger charge is -2.22. The molecule has 0 aliphatic carbocycles. The van der Waals surface area contributed by atoms with E-state index < -0.39 is 0 Å². The van der Waals surface area contributed by atoms with Gasteiger partial charge >= 0.3 is 0 Å². The highest BCUT2D eigenvalue weighted by Crippen LogP contribution is 2.20. The zero-order valence-electron chi connectivity index (χ0n) is 14.4. The third kappa shape index (κ3) is 9.39. The van der Waals surface area contributed by atoms with Gasteiger partial charge in [0.1, 0.15) is 0 Å². The first-order chi connectivity index (χ1) is 9.67. The number of carbonyl (C=O) groups excluding carboxylic acids is 1. The molecule has 0 radical (unpaired) electrons. The van der Waals surface area contributed by atoms with Crippen LogP contribution in [0.2, 0.25) is 0 Å². The largest absolute Gasteiger partial charge is 0.346 e. The van der Waals surface area contributed by atoms with Crippen molar-refractivity contribution in [3.63, 3.8) is 0 Å². The van der Waals surface area contributed by atoms with E-state index in [4.69, 9.17) is 0 Å². The van der Waals surface area contributed by atoms with E-state index in [1.807, 2.05) is 11.9 Å². The minimum atomic E-state index is 0.276. The van der Waals surface area contributed by atoms with Gasteiger partial charge in [0.2, 0.25) is 5.91 Å². The number of unbranched alkanes of at least 4 members (excludes halogenated alkanes) is 7. The predicted molar refractivity (Wildman–Crippen MR) is 88.9 cm³/mol. The van der Waals surface area contributed by atoms with Crippen LogP contribution in [0.3, 0.4) is 0 Å². The normalized spacial score (nSPS) is 12.4. The van der Waals surface area contributed by atoms with Crippen LogP contribution < -0.4 is 0 Å². The van der Waals surface area contributed by atoms with Gasteiger partial charge in [0.05, 0.1) is 0 Å². The maximum atomic E-state index is 12.4. The first-order valence-corrected chi connectivity index (χ1v) is 8.92. The summed E-state index contributed by atoms with van der Waals surface area (Å²) in [5, 5.41) is 0. The van der Waals surface area contributed by atoms with Crippen LogP contribution >= 0.6 is 0 Å². The van der Waals surface area contributed by atoms with Gasteiger partial charge in [-0.3, -0.25) is 4.79 Å². The Balaban J connectivity index is 4.07. The van der Waals surface area contributed by atoms with E-state index in [0.717, 1.165) is 19.4 Å². The molecule has 0 spiro atoms. The van der Waals surface area contributed by atoms with Crippen LogP contribution in [0.5, 0.6) is 0 Å². The minimum absolute atomic E-state index is 0.276. The molecule has 1 atom stereocenters. The fourth-order valence-corrected chi connectivity index (χ4v) is 2.67. The standard InChI is InChI=1S/C18H37NO/c1-5-8-10-12-14-16-17(15-13-11-9-6-2)18(20)19(4)7-3/h17H,5-16H2,1-4H3. The van der Waals surface area contributed by atoms with Crippen molar-refractivity contribution in [1.29, 1.82) is 0 Å². The Morgan fingerprint density at radius 3 is 1.70 bits per heavy atom. The van der Waals surface area contributed by atoms with Crippen molar-refractivity contribution in [2.24, 2.45) is 5.92 Å². The van der Waals surface area contributed by atoms with E-state index in [1.54, 1.807) is 0 Å². The number of carbonyl (C=O) groups is 1. The lowest BCUT2D eigenvalue weighted by Crippen LogP contribution is -2.32. The first-order valence-electron chi connectivity index (χ1n) is 8.92. The quantitative estimate of drug-likeness (QED) is 0.414. The summed E-state index contributed by atoms with van der Waals surface area (Å²) in [5.74, 6) is 0.651. The van der Waals surface area contributed by atoms with Crippen LogP contribution in [0.1, 0.15) is 91.4 Å². The average molecular weight is 284 g/mol. The van der Waals surface area contributed by atoms with Gasteiger partial charge in [-0.25, -0.2) is 0 Å². The molecule has 0 saturated heterocycles. The third-order valence-electron chi connectivity index (χ3n) is 4.26. The van der Waals surface area contributed by atoms with Crippen molar-refractivity contribution in [2.45, 2.75) is 91.4 Å². The first kappa shape index (κ1) is 19.5. The molecule has 0 aliphatic heterocycles. The summed E-state index contributed by atoms with van der Waals surface area (Å²) in [5.41, 5.74) is 0. The molecule has 0 saturated carbocycles. The van der Waals surface area contributed by atoms with Gasteiger partial charge in [-0.1, -0.05) is 71.6 Å². The smallest absolute Gasteiger partial charge is 0.225 e. The average Bonchev–Trinajstić information content (AvgIpc) is 2.47. The maximum absolute atomic E-state index is 12.4. The highest BCUT2D eigenvalue weighted by molar-refractivity contribution is 5.78. The summed E-state index contributed by atoms with van der Waals surface area (Å²) < 4.78 is 0. The molecule has 0 aromatic heterocycles. The second-order valence-electron chi connectivity index (χ2n) is 6.10. The van der Waals surface area contributed by atoms with Gasteiger partial charge in [0.15, 0.2) is 0 Å². The molecule has 0 heterocycles. The summed E-state index contributed by atoms with van der Waals surface area (Å²) in [4.78, 5) is 14.3. The molecule has 20 heavy (non-hydrogen) atoms. The Labute approximate surface area is 127 Å². The lowest BCUT2D eigenvalue weighted by molar-refractivity contribution is -0.134. The Hall–Kier alpha value is -0.530. The van der Waals surface area contributed by atoms with E-state index in [0.29, 0.717) is 5.91 Å². The molecule has 0 bridgehead atoms. The predicted octanol–water partition coefficient (Wildman–Crippen LogP) is 5.41. The molecular formula is C18H37NO. The van der Waals surface area contributed by atoms with Crippen LogP contribution in [-0.2, 0) is 4.79 Å². The number of hydrogen-bond donors (Lipinski definition) is 0. The van der Waals surface area contributed by atoms with Gasteiger partial charge in [-0.2, -0.15) is 0 Å². The Bertz CT molecular complexity index is 227. The second-order valence-corrected chi connectivity index (χ2v) is 6.10. The highest BCUT2D eigenvalue weighted by atomic mass is 16.2. The van der Waals surface area contributed by atoms with Crippen LogP contribution in [0, 0.1) is 5.92 Å². The van der Waals surface area contributed by atoms with Crippen molar-refractivity contribution >= 4 is 5.91 Å². The van der Waals surface area contributed by atoms with Crippen molar-refractivity contribution in [3.8, 4) is 0 Å². The molecule has 0 fully saturated rings. The molecular weight excluding hydrogens is 246 g/mol. The van der Waals surface area contributed by atoms with Crippen molar-refractivity contribution in [2.75, 3.05) is 13.6 Å². The molecule has 0 rings (SSSR count). The Morgan fingerprint density at radius 1 is 0.800 bits per heavy atom. The van der Waals surface area contributed by atoms with Crippen LogP contribution in [0.25, 0.3) is 0 Å². The van der Waals surface area contributed by atoms with Gasteiger partial charge < -0.3 is 4.90 Å². The van der Waals surface area contributed by atoms with E-state index in [-0.39, 0.29) is 5.92 Å². The zero-order valence-corrected chi connectivity index (χ0v) is 14.4. The van der Waals surface area contributed by atoms with E-state index in [9.17, 15) is 4.79 Å². The number of rotatable bonds is 13. The van der Waals surface area contributed by atoms with E-state index >= 15 is 0 Å². The van der Waals surface area contributed by atoms with Crippen LogP contribution in [-0.4, -0.2) is 24.4 Å². The lowest BCUT2D eigenvalue weighted by atomic mass is 9.93. The maximum Gasteiger partial charge on any atom is 0.225 e. The SMILES string of the molecule is CCCCCCCC(CCCCCC)C(=O)N(C)CC. The molecule has 2 nitrogen and oxygen atoms in total. The monoisotopic (exact) mass is 283 g/mol. The molecule has 0 N–H and O–H groups in total. The summed E-state index contributed by atoms with van der Waals surface area (Å²) in [6, 6.07) is 0. The number of hydrogen-bond acceptors (Lipinski definition) is 1. The van der Waals surface area contributed by atoms with Crippen molar-refractivity contribution in [1.82, 2.24) is 4.90 Å². The molecule has 2 heteroatoms. The van der Waals surface area contributed by atoms with Gasteiger partial charge in [0, 0.05) is 19.5 Å². The Morgan fingerprint density at radius 2 is 1.25 bits per heavy atom. The number of amides is 1.